The van der Waals surface area contributed by atoms with E-state index in [1.165, 1.54) is 6.07 Å². The number of nitrogens with zero attached hydrogens (tertiary/aromatic N) is 3. The summed E-state index contributed by atoms with van der Waals surface area (Å²) in [6, 6.07) is 10.8. The number of carbonyl (C=O) groups is 2. The number of hydrogen-bond donors (Lipinski definition) is 1. The van der Waals surface area contributed by atoms with Crippen LogP contribution in [0.5, 0.6) is 0 Å². The third kappa shape index (κ3) is 7.14. The summed E-state index contributed by atoms with van der Waals surface area (Å²) in [4.78, 5) is 32.0. The fourth-order valence-electron chi connectivity index (χ4n) is 4.05. The molecule has 1 heterocycles. The molecule has 11 heteroatoms. The summed E-state index contributed by atoms with van der Waals surface area (Å²) in [7, 11) is -4.11. The Hall–Kier alpha value is -3.31. The van der Waals surface area contributed by atoms with Gasteiger partial charge in [0, 0.05) is 25.9 Å². The number of nitrogens with one attached hydrogen (secondary N) is 1. The highest BCUT2D eigenvalue weighted by Gasteiger charge is 2.38. The van der Waals surface area contributed by atoms with E-state index in [9.17, 15) is 18.0 Å². The van der Waals surface area contributed by atoms with E-state index in [2.05, 4.69) is 14.9 Å². The Balaban J connectivity index is 1.55. The molecule has 3 aromatic rings. The lowest BCUT2D eigenvalue weighted by Gasteiger charge is -2.27. The van der Waals surface area contributed by atoms with Gasteiger partial charge in [0.1, 0.15) is 6.04 Å². The zero-order valence-electron chi connectivity index (χ0n) is 21.1. The van der Waals surface area contributed by atoms with Crippen molar-refractivity contribution in [2.45, 2.75) is 69.4 Å². The highest BCUT2D eigenvalue weighted by Crippen LogP contribution is 2.28. The van der Waals surface area contributed by atoms with E-state index in [-0.39, 0.29) is 24.1 Å². The van der Waals surface area contributed by atoms with Crippen LogP contribution in [0.25, 0.3) is 10.8 Å². The van der Waals surface area contributed by atoms with E-state index in [1.807, 2.05) is 31.2 Å². The monoisotopic (exact) mass is 528 g/mol. The van der Waals surface area contributed by atoms with Crippen molar-refractivity contribution in [1.82, 2.24) is 19.8 Å². The maximum absolute atomic E-state index is 13.7. The molecule has 37 heavy (non-hydrogen) atoms. The van der Waals surface area contributed by atoms with Gasteiger partial charge in [0.05, 0.1) is 17.9 Å². The van der Waals surface area contributed by atoms with Crippen LogP contribution in [0.15, 0.2) is 51.9 Å². The van der Waals surface area contributed by atoms with Crippen molar-refractivity contribution in [2.24, 2.45) is 0 Å². The van der Waals surface area contributed by atoms with Crippen LogP contribution in [0.2, 0.25) is 0 Å². The number of ether oxygens (including phenoxy) is 1. The van der Waals surface area contributed by atoms with Crippen LogP contribution >= 0.6 is 0 Å². The van der Waals surface area contributed by atoms with Crippen LogP contribution in [-0.2, 0) is 30.8 Å². The second-order valence-electron chi connectivity index (χ2n) is 9.20. The predicted octanol–water partition coefficient (Wildman–Crippen LogP) is 3.15. The van der Waals surface area contributed by atoms with Gasteiger partial charge in [0.2, 0.25) is 21.8 Å². The number of benzene rings is 2. The molecule has 2 aromatic carbocycles. The van der Waals surface area contributed by atoms with Gasteiger partial charge in [-0.05, 0) is 42.2 Å². The van der Waals surface area contributed by atoms with Crippen LogP contribution in [-0.4, -0.2) is 60.6 Å². The molecule has 0 radical (unpaired) electrons. The molecule has 4 rings (SSSR count). The lowest BCUT2D eigenvalue weighted by molar-refractivity contribution is -0.147. The van der Waals surface area contributed by atoms with Gasteiger partial charge < -0.3 is 14.2 Å². The Morgan fingerprint density at radius 3 is 2.62 bits per heavy atom. The quantitative estimate of drug-likeness (QED) is 0.264. The average Bonchev–Trinajstić information content (AvgIpc) is 3.63. The summed E-state index contributed by atoms with van der Waals surface area (Å²) < 4.78 is 39.5. The molecule has 0 unspecified atom stereocenters. The average molecular weight is 529 g/mol. The molecule has 1 amide bonds. The second kappa shape index (κ2) is 11.8. The number of esters is 1. The number of aryl methyl sites for hydroxylation is 1. The number of sulfonamides is 1. The molecule has 0 saturated heterocycles. The minimum absolute atomic E-state index is 0.0172. The summed E-state index contributed by atoms with van der Waals surface area (Å²) in [5, 5.41) is 5.52. The first-order valence-corrected chi connectivity index (χ1v) is 14.0. The highest BCUT2D eigenvalue weighted by molar-refractivity contribution is 7.89. The van der Waals surface area contributed by atoms with E-state index in [1.54, 1.807) is 24.0 Å². The largest absolute Gasteiger partial charge is 0.466 e. The topological polar surface area (TPSA) is 132 Å². The Morgan fingerprint density at radius 2 is 1.95 bits per heavy atom. The van der Waals surface area contributed by atoms with Crippen molar-refractivity contribution in [2.75, 3.05) is 13.2 Å². The molecule has 198 valence electrons. The maximum atomic E-state index is 13.7. The van der Waals surface area contributed by atoms with Gasteiger partial charge in [-0.15, -0.1) is 0 Å². The number of amides is 1. The van der Waals surface area contributed by atoms with E-state index < -0.39 is 34.4 Å². The zero-order valence-corrected chi connectivity index (χ0v) is 21.9. The predicted molar refractivity (Wildman–Crippen MR) is 136 cm³/mol. The first-order chi connectivity index (χ1) is 17.8. The molecule has 1 fully saturated rings. The van der Waals surface area contributed by atoms with E-state index in [0.29, 0.717) is 24.6 Å². The van der Waals surface area contributed by atoms with E-state index >= 15 is 0 Å². The van der Waals surface area contributed by atoms with Crippen molar-refractivity contribution in [1.29, 1.82) is 0 Å². The lowest BCUT2D eigenvalue weighted by atomic mass is 10.1. The molecule has 1 saturated carbocycles. The fourth-order valence-corrected chi connectivity index (χ4v) is 5.27. The molecule has 0 aliphatic heterocycles. The molecule has 1 aliphatic carbocycles. The van der Waals surface area contributed by atoms with Crippen molar-refractivity contribution >= 4 is 32.7 Å². The molecule has 1 N–H and O–H groups in total. The Kier molecular flexibility index (Phi) is 8.55. The van der Waals surface area contributed by atoms with Crippen LogP contribution in [0.4, 0.5) is 0 Å². The van der Waals surface area contributed by atoms with Crippen LogP contribution < -0.4 is 4.72 Å². The number of hydrogen-bond acceptors (Lipinski definition) is 8. The number of aromatic nitrogens is 2. The number of fused-ring (bicyclic) bond motifs is 1. The molecular formula is C26H32N4O6S. The molecule has 0 spiro atoms. The van der Waals surface area contributed by atoms with Crippen LogP contribution in [0.3, 0.4) is 0 Å². The van der Waals surface area contributed by atoms with Crippen molar-refractivity contribution in [3.8, 4) is 0 Å². The molecule has 0 bridgehead atoms. The maximum Gasteiger partial charge on any atom is 0.307 e. The first-order valence-electron chi connectivity index (χ1n) is 12.5. The van der Waals surface area contributed by atoms with Crippen molar-refractivity contribution < 1.29 is 27.3 Å². The molecular weight excluding hydrogens is 496 g/mol. The Morgan fingerprint density at radius 1 is 1.19 bits per heavy atom. The van der Waals surface area contributed by atoms with Gasteiger partial charge in [-0.1, -0.05) is 48.8 Å². The van der Waals surface area contributed by atoms with Crippen molar-refractivity contribution in [3.05, 3.63) is 54.2 Å². The summed E-state index contributed by atoms with van der Waals surface area (Å²) in [6.07, 6.45) is 3.09. The Labute approximate surface area is 216 Å². The standard InChI is InChI=1S/C26H32N4O6S/c1-3-4-15-35-25(31)17-23(26(32)30(21-10-11-21)14-13-24-27-18(2)36-28-24)29-37(33,34)22-12-9-19-7-5-6-8-20(19)16-22/h5-9,12,16,21,23,29H,3-4,10-11,13-15,17H2,1-2H3/t23-/m0/s1. The fraction of sp³-hybridized carbons (Fsp3) is 0.462. The molecule has 1 aromatic heterocycles. The minimum Gasteiger partial charge on any atom is -0.466 e. The molecule has 10 nitrogen and oxygen atoms in total. The number of unbranched alkanes of at least 4 members (excludes halogenated alkanes) is 1. The third-order valence-electron chi connectivity index (χ3n) is 6.18. The van der Waals surface area contributed by atoms with Gasteiger partial charge >= 0.3 is 5.97 Å². The zero-order chi connectivity index (χ0) is 26.4. The van der Waals surface area contributed by atoms with Crippen LogP contribution in [0, 0.1) is 6.92 Å². The van der Waals surface area contributed by atoms with Gasteiger partial charge in [-0.3, -0.25) is 9.59 Å². The second-order valence-corrected chi connectivity index (χ2v) is 10.9. The first kappa shape index (κ1) is 26.7. The highest BCUT2D eigenvalue weighted by atomic mass is 32.2. The number of rotatable bonds is 13. The lowest BCUT2D eigenvalue weighted by Crippen LogP contribution is -2.50. The summed E-state index contributed by atoms with van der Waals surface area (Å²) in [6.45, 7) is 4.15. The van der Waals surface area contributed by atoms with Gasteiger partial charge in [0.15, 0.2) is 5.82 Å². The summed E-state index contributed by atoms with van der Waals surface area (Å²) >= 11 is 0. The van der Waals surface area contributed by atoms with Crippen LogP contribution in [0.1, 0.15) is 50.7 Å². The van der Waals surface area contributed by atoms with E-state index in [4.69, 9.17) is 9.26 Å². The third-order valence-corrected chi connectivity index (χ3v) is 7.64. The summed E-state index contributed by atoms with van der Waals surface area (Å²) in [5.41, 5.74) is 0. The molecule has 1 atom stereocenters. The SMILES string of the molecule is CCCCOC(=O)C[C@H](NS(=O)(=O)c1ccc2ccccc2c1)C(=O)N(CCc1noc(C)n1)C1CC1. The normalized spacial score (nSPS) is 14.4. The summed E-state index contributed by atoms with van der Waals surface area (Å²) in [5.74, 6) is -0.213. The molecule has 1 aliphatic rings. The smallest absolute Gasteiger partial charge is 0.307 e. The van der Waals surface area contributed by atoms with Gasteiger partial charge in [0.25, 0.3) is 0 Å². The van der Waals surface area contributed by atoms with Gasteiger partial charge in [-0.25, -0.2) is 8.42 Å². The van der Waals surface area contributed by atoms with Crippen molar-refractivity contribution in [3.63, 3.8) is 0 Å². The van der Waals surface area contributed by atoms with Gasteiger partial charge in [-0.2, -0.15) is 9.71 Å². The van der Waals surface area contributed by atoms with E-state index in [0.717, 1.165) is 30.0 Å². The number of carbonyl (C=O) groups excluding carboxylic acids is 2. The Bertz CT molecular complexity index is 1350. The minimum atomic E-state index is -4.11.